The number of nitriles is 1. The van der Waals surface area contributed by atoms with Crippen molar-refractivity contribution in [3.63, 3.8) is 0 Å². The van der Waals surface area contributed by atoms with Gasteiger partial charge < -0.3 is 30.4 Å². The first kappa shape index (κ1) is 25.1. The van der Waals surface area contributed by atoms with Gasteiger partial charge in [-0.3, -0.25) is 4.90 Å². The molecule has 10 heteroatoms. The normalized spacial score (nSPS) is 25.7. The number of aromatic hydroxyl groups is 1. The van der Waals surface area contributed by atoms with E-state index in [2.05, 4.69) is 49.3 Å². The summed E-state index contributed by atoms with van der Waals surface area (Å²) in [6.07, 6.45) is 11.0. The van der Waals surface area contributed by atoms with Crippen molar-refractivity contribution in [2.45, 2.75) is 37.6 Å². The largest absolute Gasteiger partial charge is 0.493 e. The second-order valence-electron chi connectivity index (χ2n) is 10.5. The number of allylic oxidation sites excluding steroid dienone is 3. The summed E-state index contributed by atoms with van der Waals surface area (Å²) in [4.78, 5) is 16.0. The second kappa shape index (κ2) is 10.5. The summed E-state index contributed by atoms with van der Waals surface area (Å²) < 4.78 is 5.54. The maximum atomic E-state index is 9.64. The Morgan fingerprint density at radius 2 is 2.03 bits per heavy atom. The Labute approximate surface area is 228 Å². The number of aromatic nitrogens is 2. The monoisotopic (exact) mass is 524 g/mol. The SMILES string of the molecule is COC1CCN(C2=CN/C(=C(/C#N)C=N)C(c3ccc(N4CC5CC(C4)N5Cc4ccc(O)nc4)nc3)=C2)C1. The quantitative estimate of drug-likeness (QED) is 0.370. The van der Waals surface area contributed by atoms with Crippen LogP contribution in [-0.2, 0) is 11.3 Å². The van der Waals surface area contributed by atoms with Crippen LogP contribution >= 0.6 is 0 Å². The Hall–Kier alpha value is -4.20. The van der Waals surface area contributed by atoms with E-state index in [9.17, 15) is 10.4 Å². The van der Waals surface area contributed by atoms with Crippen LogP contribution in [0.4, 0.5) is 5.82 Å². The number of anilines is 1. The zero-order chi connectivity index (χ0) is 26.9. The molecule has 7 heterocycles. The highest BCUT2D eigenvalue weighted by molar-refractivity contribution is 5.93. The van der Waals surface area contributed by atoms with Gasteiger partial charge in [-0.05, 0) is 36.6 Å². The van der Waals surface area contributed by atoms with Gasteiger partial charge in [0.05, 0.1) is 23.1 Å². The molecule has 0 saturated carbocycles. The summed E-state index contributed by atoms with van der Waals surface area (Å²) in [5.74, 6) is 0.996. The van der Waals surface area contributed by atoms with Crippen LogP contribution in [0.2, 0.25) is 0 Å². The van der Waals surface area contributed by atoms with Gasteiger partial charge in [-0.1, -0.05) is 6.07 Å². The fraction of sp³-hybridized carbons (Fsp3) is 0.379. The molecule has 10 nitrogen and oxygen atoms in total. The number of methoxy groups -OCH3 is 1. The molecule has 0 aliphatic carbocycles. The van der Waals surface area contributed by atoms with E-state index in [4.69, 9.17) is 15.1 Å². The van der Waals surface area contributed by atoms with Crippen LogP contribution in [-0.4, -0.2) is 82.6 Å². The number of piperazine rings is 1. The molecule has 3 N–H and O–H groups in total. The van der Waals surface area contributed by atoms with Gasteiger partial charge in [-0.2, -0.15) is 5.26 Å². The number of ether oxygens (including phenoxy) is 1. The molecule has 2 aromatic rings. The molecule has 0 radical (unpaired) electrons. The maximum absolute atomic E-state index is 9.64. The number of piperidine rings is 1. The van der Waals surface area contributed by atoms with Crippen LogP contribution in [0.3, 0.4) is 0 Å². The average molecular weight is 525 g/mol. The van der Waals surface area contributed by atoms with E-state index in [1.807, 2.05) is 18.5 Å². The van der Waals surface area contributed by atoms with Crippen molar-refractivity contribution in [2.75, 3.05) is 38.2 Å². The van der Waals surface area contributed by atoms with Gasteiger partial charge in [-0.15, -0.1) is 0 Å². The van der Waals surface area contributed by atoms with Crippen LogP contribution in [0, 0.1) is 16.7 Å². The Morgan fingerprint density at radius 1 is 1.18 bits per heavy atom. The lowest BCUT2D eigenvalue weighted by Crippen LogP contribution is -2.68. The third-order valence-electron chi connectivity index (χ3n) is 8.21. The molecule has 2 bridgehead atoms. The number of dihydropyridines is 1. The van der Waals surface area contributed by atoms with Crippen molar-refractivity contribution >= 4 is 17.6 Å². The topological polar surface area (TPSA) is 125 Å². The first-order valence-corrected chi connectivity index (χ1v) is 13.3. The van der Waals surface area contributed by atoms with Crippen LogP contribution in [0.15, 0.2) is 65.9 Å². The molecule has 0 spiro atoms. The lowest BCUT2D eigenvalue weighted by atomic mass is 9.87. The van der Waals surface area contributed by atoms with Gasteiger partial charge in [0.25, 0.3) is 0 Å². The van der Waals surface area contributed by atoms with Gasteiger partial charge in [0, 0.05) is 93.9 Å². The smallest absolute Gasteiger partial charge is 0.210 e. The van der Waals surface area contributed by atoms with E-state index in [-0.39, 0.29) is 17.6 Å². The Kier molecular flexibility index (Phi) is 6.77. The van der Waals surface area contributed by atoms with E-state index >= 15 is 0 Å². The van der Waals surface area contributed by atoms with Crippen molar-refractivity contribution in [1.82, 2.24) is 25.1 Å². The minimum absolute atomic E-state index is 0.0512. The van der Waals surface area contributed by atoms with Gasteiger partial charge in [0.15, 0.2) is 0 Å². The Morgan fingerprint density at radius 3 is 2.67 bits per heavy atom. The Balaban J connectivity index is 1.18. The highest BCUT2D eigenvalue weighted by atomic mass is 16.5. The van der Waals surface area contributed by atoms with Crippen LogP contribution in [0.25, 0.3) is 5.57 Å². The van der Waals surface area contributed by atoms with Crippen LogP contribution in [0.1, 0.15) is 24.0 Å². The van der Waals surface area contributed by atoms with Gasteiger partial charge in [-0.25, -0.2) is 9.97 Å². The summed E-state index contributed by atoms with van der Waals surface area (Å²) in [5.41, 5.74) is 4.78. The summed E-state index contributed by atoms with van der Waals surface area (Å²) in [7, 11) is 1.75. The molecular weight excluding hydrogens is 492 g/mol. The maximum Gasteiger partial charge on any atom is 0.210 e. The summed E-state index contributed by atoms with van der Waals surface area (Å²) >= 11 is 0. The molecule has 4 fully saturated rings. The molecule has 5 aliphatic heterocycles. The molecule has 2 aromatic heterocycles. The molecule has 7 rings (SSSR count). The number of hydrogen-bond acceptors (Lipinski definition) is 10. The first-order chi connectivity index (χ1) is 19.1. The first-order valence-electron chi connectivity index (χ1n) is 13.3. The fourth-order valence-corrected chi connectivity index (χ4v) is 6.02. The molecule has 39 heavy (non-hydrogen) atoms. The predicted molar refractivity (Wildman–Crippen MR) is 148 cm³/mol. The van der Waals surface area contributed by atoms with Gasteiger partial charge in [0.2, 0.25) is 5.88 Å². The number of pyridine rings is 2. The number of rotatable bonds is 7. The van der Waals surface area contributed by atoms with E-state index in [1.54, 1.807) is 19.4 Å². The van der Waals surface area contributed by atoms with Crippen LogP contribution < -0.4 is 10.2 Å². The molecule has 0 aromatic carbocycles. The van der Waals surface area contributed by atoms with E-state index in [0.717, 1.165) is 73.6 Å². The van der Waals surface area contributed by atoms with E-state index in [1.165, 1.54) is 6.42 Å². The van der Waals surface area contributed by atoms with Gasteiger partial charge >= 0.3 is 0 Å². The van der Waals surface area contributed by atoms with Crippen molar-refractivity contribution in [3.05, 3.63) is 77.0 Å². The minimum Gasteiger partial charge on any atom is -0.493 e. The van der Waals surface area contributed by atoms with Crippen molar-refractivity contribution < 1.29 is 9.84 Å². The van der Waals surface area contributed by atoms with Crippen molar-refractivity contribution in [2.24, 2.45) is 0 Å². The van der Waals surface area contributed by atoms with Crippen molar-refractivity contribution in [3.8, 4) is 11.9 Å². The molecular formula is C29H32N8O2. The van der Waals surface area contributed by atoms with E-state index in [0.29, 0.717) is 17.8 Å². The summed E-state index contributed by atoms with van der Waals surface area (Å²) in [5, 5.41) is 30.1. The predicted octanol–water partition coefficient (Wildman–Crippen LogP) is 2.62. The zero-order valence-electron chi connectivity index (χ0n) is 21.9. The average Bonchev–Trinajstić information content (AvgIpc) is 3.47. The fourth-order valence-electron chi connectivity index (χ4n) is 6.02. The number of fused-ring (bicyclic) bond motifs is 2. The zero-order valence-corrected chi connectivity index (χ0v) is 21.9. The molecule has 4 saturated heterocycles. The Bertz CT molecular complexity index is 1360. The molecule has 5 aliphatic rings. The molecule has 3 unspecified atom stereocenters. The molecule has 3 atom stereocenters. The lowest BCUT2D eigenvalue weighted by molar-refractivity contribution is -0.00876. The van der Waals surface area contributed by atoms with Crippen LogP contribution in [0.5, 0.6) is 5.88 Å². The highest BCUT2D eigenvalue weighted by Crippen LogP contribution is 2.36. The third-order valence-corrected chi connectivity index (χ3v) is 8.21. The highest BCUT2D eigenvalue weighted by Gasteiger charge is 2.44. The number of nitrogens with zero attached hydrogens (tertiary/aromatic N) is 6. The van der Waals surface area contributed by atoms with Crippen molar-refractivity contribution in [1.29, 1.82) is 10.7 Å². The minimum atomic E-state index is 0.0512. The lowest BCUT2D eigenvalue weighted by Gasteiger charge is -2.56. The molecule has 0 amide bonds. The van der Waals surface area contributed by atoms with E-state index < -0.39 is 0 Å². The summed E-state index contributed by atoms with van der Waals surface area (Å²) in [6, 6.07) is 10.8. The number of nitrogens with one attached hydrogen (secondary N) is 2. The summed E-state index contributed by atoms with van der Waals surface area (Å²) in [6.45, 7) is 4.39. The standard InChI is InChI=1S/C29H32N8O2/c1-39-25-6-7-35(18-25)22-9-26(29(34-14-22)21(10-30)11-31)20-3-4-27(32-13-20)36-16-23-8-24(17-36)37(23)15-19-2-5-28(38)33-12-19/h2-5,9-10,12-14,23-25,30,34H,6-8,15-18H2,1H3,(H,33,38)/b29-21+,30-10?. The van der Waals surface area contributed by atoms with Gasteiger partial charge in [0.1, 0.15) is 11.9 Å². The third kappa shape index (κ3) is 4.87. The second-order valence-corrected chi connectivity index (χ2v) is 10.5. The number of hydrogen-bond donors (Lipinski definition) is 3. The molecule has 200 valence electrons. The number of likely N-dealkylation sites (tertiary alicyclic amines) is 1.